The van der Waals surface area contributed by atoms with Crippen LogP contribution in [0.15, 0.2) is 41.1 Å². The molecule has 2 aliphatic rings. The van der Waals surface area contributed by atoms with E-state index >= 15 is 0 Å². The maximum atomic E-state index is 5.62. The first-order valence-electron chi connectivity index (χ1n) is 11.6. The lowest BCUT2D eigenvalue weighted by molar-refractivity contribution is 0.323. The first-order chi connectivity index (χ1) is 17.5. The molecule has 0 radical (unpaired) electrons. The van der Waals surface area contributed by atoms with E-state index < -0.39 is 0 Å². The molecule has 2 N–H and O–H groups in total. The largest absolute Gasteiger partial charge is 0.493 e. The van der Waals surface area contributed by atoms with Crippen molar-refractivity contribution in [3.05, 3.63) is 52.2 Å². The third kappa shape index (κ3) is 4.75. The van der Waals surface area contributed by atoms with Crippen molar-refractivity contribution in [3.8, 4) is 34.5 Å². The molecule has 8 nitrogen and oxygen atoms in total. The quantitative estimate of drug-likeness (QED) is 0.486. The summed E-state index contributed by atoms with van der Waals surface area (Å²) in [5.41, 5.74) is 5.35. The van der Waals surface area contributed by atoms with E-state index in [0.29, 0.717) is 39.6 Å². The van der Waals surface area contributed by atoms with Crippen LogP contribution in [0.25, 0.3) is 6.08 Å². The predicted molar refractivity (Wildman–Crippen MR) is 143 cm³/mol. The van der Waals surface area contributed by atoms with Gasteiger partial charge in [-0.3, -0.25) is 0 Å². The van der Waals surface area contributed by atoms with Gasteiger partial charge in [-0.05, 0) is 84.1 Å². The number of hydrogen-bond acceptors (Lipinski definition) is 7. The van der Waals surface area contributed by atoms with Gasteiger partial charge < -0.3 is 39.1 Å². The zero-order chi connectivity index (χ0) is 25.8. The highest BCUT2D eigenvalue weighted by Gasteiger charge is 2.32. The number of methoxy groups -OCH3 is 6. The van der Waals surface area contributed by atoms with Gasteiger partial charge in [0.1, 0.15) is 0 Å². The van der Waals surface area contributed by atoms with Crippen molar-refractivity contribution in [2.75, 3.05) is 42.7 Å². The first-order valence-corrected chi connectivity index (χ1v) is 12.0. The maximum absolute atomic E-state index is 5.62. The van der Waals surface area contributed by atoms with Gasteiger partial charge in [0.15, 0.2) is 28.1 Å². The highest BCUT2D eigenvalue weighted by Crippen LogP contribution is 2.45. The van der Waals surface area contributed by atoms with Crippen molar-refractivity contribution in [1.82, 2.24) is 10.6 Å². The molecule has 0 saturated carbocycles. The second-order valence-electron chi connectivity index (χ2n) is 8.37. The Hall–Kier alpha value is -3.59. The van der Waals surface area contributed by atoms with E-state index in [1.807, 2.05) is 24.3 Å². The van der Waals surface area contributed by atoms with Crippen LogP contribution in [0.3, 0.4) is 0 Å². The molecule has 1 atom stereocenters. The Kier molecular flexibility index (Phi) is 7.79. The summed E-state index contributed by atoms with van der Waals surface area (Å²) >= 11 is 5.62. The number of ether oxygens (including phenoxy) is 6. The van der Waals surface area contributed by atoms with Crippen molar-refractivity contribution < 1.29 is 28.4 Å². The van der Waals surface area contributed by atoms with E-state index in [-0.39, 0.29) is 6.04 Å². The van der Waals surface area contributed by atoms with Gasteiger partial charge >= 0.3 is 0 Å². The van der Waals surface area contributed by atoms with E-state index in [9.17, 15) is 0 Å². The maximum Gasteiger partial charge on any atom is 0.203 e. The first kappa shape index (κ1) is 25.5. The van der Waals surface area contributed by atoms with Crippen LogP contribution in [-0.2, 0) is 0 Å². The number of nitrogens with one attached hydrogen (secondary N) is 2. The Morgan fingerprint density at radius 3 is 1.78 bits per heavy atom. The van der Waals surface area contributed by atoms with Crippen LogP contribution in [-0.4, -0.2) is 47.8 Å². The van der Waals surface area contributed by atoms with Crippen molar-refractivity contribution in [2.24, 2.45) is 0 Å². The standard InChI is InChI=1S/C27H32N2O6S/c1-30-19-11-15(12-20(31-2)25(19)34-5)10-16-8-7-9-18-23(16)28-27(36)29-24(18)17-13-21(32-3)26(35-6)22(14-17)33-4/h10-14,24H,7-9H2,1-6H3,(H2,28,29,36)/b16-10+. The molecular weight excluding hydrogens is 480 g/mol. The molecule has 0 amide bonds. The molecule has 2 aromatic rings. The van der Waals surface area contributed by atoms with Gasteiger partial charge in [0.2, 0.25) is 11.5 Å². The Labute approximate surface area is 217 Å². The molecule has 0 saturated heterocycles. The van der Waals surface area contributed by atoms with E-state index in [1.165, 1.54) is 5.57 Å². The fourth-order valence-corrected chi connectivity index (χ4v) is 5.05. The summed E-state index contributed by atoms with van der Waals surface area (Å²) in [6.07, 6.45) is 4.98. The van der Waals surface area contributed by atoms with Crippen LogP contribution in [0.4, 0.5) is 0 Å². The van der Waals surface area contributed by atoms with Crippen LogP contribution in [0, 0.1) is 0 Å². The molecule has 36 heavy (non-hydrogen) atoms. The lowest BCUT2D eigenvalue weighted by atomic mass is 9.83. The van der Waals surface area contributed by atoms with Crippen LogP contribution >= 0.6 is 12.2 Å². The number of thiocarbonyl (C=S) groups is 1. The van der Waals surface area contributed by atoms with E-state index in [2.05, 4.69) is 16.7 Å². The average molecular weight is 513 g/mol. The Bertz CT molecular complexity index is 1170. The normalized spacial score (nSPS) is 18.1. The minimum Gasteiger partial charge on any atom is -0.493 e. The topological polar surface area (TPSA) is 79.4 Å². The second-order valence-corrected chi connectivity index (χ2v) is 8.78. The van der Waals surface area contributed by atoms with Crippen molar-refractivity contribution >= 4 is 23.4 Å². The minimum atomic E-state index is -0.133. The monoisotopic (exact) mass is 512 g/mol. The van der Waals surface area contributed by atoms with Crippen molar-refractivity contribution in [3.63, 3.8) is 0 Å². The third-order valence-electron chi connectivity index (χ3n) is 6.45. The number of hydrogen-bond donors (Lipinski definition) is 2. The fourth-order valence-electron chi connectivity index (χ4n) is 4.83. The molecule has 0 bridgehead atoms. The highest BCUT2D eigenvalue weighted by molar-refractivity contribution is 7.80. The summed E-state index contributed by atoms with van der Waals surface area (Å²) in [4.78, 5) is 0. The molecule has 4 rings (SSSR count). The lowest BCUT2D eigenvalue weighted by Crippen LogP contribution is -2.45. The van der Waals surface area contributed by atoms with Crippen molar-refractivity contribution in [2.45, 2.75) is 25.3 Å². The zero-order valence-corrected chi connectivity index (χ0v) is 22.3. The lowest BCUT2D eigenvalue weighted by Gasteiger charge is -2.36. The molecule has 0 fully saturated rings. The Balaban J connectivity index is 1.81. The molecule has 1 heterocycles. The average Bonchev–Trinajstić information content (AvgIpc) is 2.91. The van der Waals surface area contributed by atoms with E-state index in [1.54, 1.807) is 42.7 Å². The molecule has 2 aromatic carbocycles. The molecule has 1 aliphatic carbocycles. The molecule has 0 spiro atoms. The molecule has 1 unspecified atom stereocenters. The van der Waals surface area contributed by atoms with E-state index in [0.717, 1.165) is 41.7 Å². The molecule has 9 heteroatoms. The zero-order valence-electron chi connectivity index (χ0n) is 21.4. The number of rotatable bonds is 8. The minimum absolute atomic E-state index is 0.133. The van der Waals surface area contributed by atoms with Crippen LogP contribution in [0.2, 0.25) is 0 Å². The summed E-state index contributed by atoms with van der Waals surface area (Å²) in [6, 6.07) is 7.69. The van der Waals surface area contributed by atoms with Gasteiger partial charge in [0.25, 0.3) is 0 Å². The Morgan fingerprint density at radius 1 is 0.750 bits per heavy atom. The van der Waals surface area contributed by atoms with Crippen LogP contribution < -0.4 is 39.1 Å². The Morgan fingerprint density at radius 2 is 1.28 bits per heavy atom. The van der Waals surface area contributed by atoms with Gasteiger partial charge in [0, 0.05) is 5.70 Å². The molecule has 1 aliphatic heterocycles. The summed E-state index contributed by atoms with van der Waals surface area (Å²) in [6.45, 7) is 0. The summed E-state index contributed by atoms with van der Waals surface area (Å²) in [5.74, 6) is 3.54. The summed E-state index contributed by atoms with van der Waals surface area (Å²) in [5, 5.41) is 7.40. The van der Waals surface area contributed by atoms with Crippen LogP contribution in [0.1, 0.15) is 36.4 Å². The fraction of sp³-hybridized carbons (Fsp3) is 0.370. The molecule has 0 aromatic heterocycles. The number of benzene rings is 2. The number of allylic oxidation sites excluding steroid dienone is 1. The van der Waals surface area contributed by atoms with Gasteiger partial charge in [-0.1, -0.05) is 0 Å². The molecular formula is C27H32N2O6S. The van der Waals surface area contributed by atoms with Gasteiger partial charge in [-0.15, -0.1) is 0 Å². The van der Waals surface area contributed by atoms with Crippen molar-refractivity contribution in [1.29, 1.82) is 0 Å². The summed E-state index contributed by atoms with van der Waals surface area (Å²) < 4.78 is 33.3. The SMILES string of the molecule is COc1cc(/C=C2\CCCC3=C2NC(=S)NC3c2cc(OC)c(OC)c(OC)c2)cc(OC)c1OC. The molecule has 192 valence electrons. The summed E-state index contributed by atoms with van der Waals surface area (Å²) in [7, 11) is 9.66. The third-order valence-corrected chi connectivity index (χ3v) is 6.67. The van der Waals surface area contributed by atoms with Gasteiger partial charge in [0.05, 0.1) is 48.7 Å². The smallest absolute Gasteiger partial charge is 0.203 e. The van der Waals surface area contributed by atoms with Crippen LogP contribution in [0.5, 0.6) is 34.5 Å². The van der Waals surface area contributed by atoms with Gasteiger partial charge in [-0.2, -0.15) is 0 Å². The van der Waals surface area contributed by atoms with Gasteiger partial charge in [-0.25, -0.2) is 0 Å². The highest BCUT2D eigenvalue weighted by atomic mass is 32.1. The predicted octanol–water partition coefficient (Wildman–Crippen LogP) is 4.78. The van der Waals surface area contributed by atoms with E-state index in [4.69, 9.17) is 40.6 Å². The second kappa shape index (κ2) is 11.0.